The summed E-state index contributed by atoms with van der Waals surface area (Å²) < 4.78 is 5.56. The molecule has 86 valence electrons. The van der Waals surface area contributed by atoms with E-state index in [1.54, 1.807) is 0 Å². The minimum absolute atomic E-state index is 0.153. The van der Waals surface area contributed by atoms with Gasteiger partial charge in [0.25, 0.3) is 0 Å². The van der Waals surface area contributed by atoms with Crippen LogP contribution in [0.15, 0.2) is 0 Å². The van der Waals surface area contributed by atoms with Crippen molar-refractivity contribution < 1.29 is 9.53 Å². The molecule has 2 aliphatic heterocycles. The Morgan fingerprint density at radius 2 is 2.40 bits per heavy atom. The molecule has 2 saturated heterocycles. The molecule has 0 saturated carbocycles. The molecule has 0 aromatic carbocycles. The molecule has 1 atom stereocenters. The number of hydrogen-bond acceptors (Lipinski definition) is 4. The van der Waals surface area contributed by atoms with Gasteiger partial charge in [-0.25, -0.2) is 0 Å². The van der Waals surface area contributed by atoms with E-state index in [1.807, 2.05) is 0 Å². The van der Waals surface area contributed by atoms with E-state index >= 15 is 0 Å². The van der Waals surface area contributed by atoms with Gasteiger partial charge in [-0.1, -0.05) is 0 Å². The van der Waals surface area contributed by atoms with Gasteiger partial charge in [-0.15, -0.1) is 0 Å². The molecule has 2 rings (SSSR count). The van der Waals surface area contributed by atoms with Gasteiger partial charge in [-0.05, 0) is 7.05 Å². The number of rotatable bonds is 3. The lowest BCUT2D eigenvalue weighted by Gasteiger charge is -2.31. The van der Waals surface area contributed by atoms with Crippen molar-refractivity contribution in [3.8, 4) is 0 Å². The molecule has 2 aliphatic rings. The zero-order chi connectivity index (χ0) is 10.7. The van der Waals surface area contributed by atoms with Crippen molar-refractivity contribution in [2.24, 2.45) is 5.92 Å². The summed E-state index contributed by atoms with van der Waals surface area (Å²) in [5.41, 5.74) is 0. The first-order valence-corrected chi connectivity index (χ1v) is 5.54. The molecule has 2 N–H and O–H groups in total. The molecule has 15 heavy (non-hydrogen) atoms. The molecule has 5 nitrogen and oxygen atoms in total. The number of ether oxygens (including phenoxy) is 1. The molecule has 2 fully saturated rings. The van der Waals surface area contributed by atoms with Crippen LogP contribution in [0.25, 0.3) is 0 Å². The van der Waals surface area contributed by atoms with Crippen molar-refractivity contribution in [2.75, 3.05) is 46.4 Å². The highest BCUT2D eigenvalue weighted by Crippen LogP contribution is 2.04. The van der Waals surface area contributed by atoms with Crippen LogP contribution < -0.4 is 10.6 Å². The van der Waals surface area contributed by atoms with Gasteiger partial charge in [0.15, 0.2) is 0 Å². The molecule has 0 aromatic heterocycles. The number of nitrogens with one attached hydrogen (secondary N) is 2. The maximum absolute atomic E-state index is 11.5. The van der Waals surface area contributed by atoms with Gasteiger partial charge in [0, 0.05) is 32.7 Å². The van der Waals surface area contributed by atoms with Gasteiger partial charge in [-0.3, -0.25) is 4.79 Å². The molecular formula is C10H19N3O2. The monoisotopic (exact) mass is 213 g/mol. The van der Waals surface area contributed by atoms with Crippen LogP contribution in [0.1, 0.15) is 0 Å². The van der Waals surface area contributed by atoms with Crippen LogP contribution in [0.4, 0.5) is 0 Å². The van der Waals surface area contributed by atoms with Gasteiger partial charge in [0.1, 0.15) is 0 Å². The highest BCUT2D eigenvalue weighted by Gasteiger charge is 2.26. The molecule has 5 heteroatoms. The Bertz CT molecular complexity index is 231. The number of morpholine rings is 1. The highest BCUT2D eigenvalue weighted by atomic mass is 16.5. The van der Waals surface area contributed by atoms with Crippen molar-refractivity contribution in [1.82, 2.24) is 15.5 Å². The number of amides is 1. The number of carbonyl (C=O) groups is 1. The molecule has 1 amide bonds. The average Bonchev–Trinajstić information content (AvgIpc) is 2.12. The van der Waals surface area contributed by atoms with E-state index in [0.29, 0.717) is 6.54 Å². The Hall–Kier alpha value is -0.650. The van der Waals surface area contributed by atoms with Crippen LogP contribution in [0.3, 0.4) is 0 Å². The SMILES string of the molecule is CN1CCOC(CNC(=O)C2CNC2)C1. The van der Waals surface area contributed by atoms with Crippen LogP contribution >= 0.6 is 0 Å². The summed E-state index contributed by atoms with van der Waals surface area (Å²) in [5.74, 6) is 0.330. The molecule has 0 aliphatic carbocycles. The summed E-state index contributed by atoms with van der Waals surface area (Å²) in [5, 5.41) is 6.03. The third-order valence-corrected chi connectivity index (χ3v) is 3.00. The minimum atomic E-state index is 0.153. The lowest BCUT2D eigenvalue weighted by Crippen LogP contribution is -2.53. The van der Waals surface area contributed by atoms with Crippen LogP contribution in [0.2, 0.25) is 0 Å². The topological polar surface area (TPSA) is 53.6 Å². The van der Waals surface area contributed by atoms with Crippen molar-refractivity contribution in [1.29, 1.82) is 0 Å². The quantitative estimate of drug-likeness (QED) is 0.609. The lowest BCUT2D eigenvalue weighted by molar-refractivity contribution is -0.127. The molecular weight excluding hydrogens is 194 g/mol. The van der Waals surface area contributed by atoms with E-state index in [0.717, 1.165) is 32.8 Å². The fourth-order valence-corrected chi connectivity index (χ4v) is 1.82. The average molecular weight is 213 g/mol. The standard InChI is InChI=1S/C10H19N3O2/c1-13-2-3-15-9(7-13)6-12-10(14)8-4-11-5-8/h8-9,11H,2-7H2,1H3,(H,12,14). The van der Waals surface area contributed by atoms with E-state index in [2.05, 4.69) is 22.6 Å². The van der Waals surface area contributed by atoms with Crippen LogP contribution in [-0.2, 0) is 9.53 Å². The molecule has 0 aromatic rings. The first kappa shape index (κ1) is 10.9. The summed E-state index contributed by atoms with van der Waals surface area (Å²) in [7, 11) is 2.08. The van der Waals surface area contributed by atoms with Gasteiger partial charge >= 0.3 is 0 Å². The normalized spacial score (nSPS) is 28.5. The number of nitrogens with zero attached hydrogens (tertiary/aromatic N) is 1. The van der Waals surface area contributed by atoms with E-state index in [4.69, 9.17) is 4.74 Å². The van der Waals surface area contributed by atoms with Gasteiger partial charge in [0.2, 0.25) is 5.91 Å². The third-order valence-electron chi connectivity index (χ3n) is 3.00. The summed E-state index contributed by atoms with van der Waals surface area (Å²) in [6, 6.07) is 0. The zero-order valence-corrected chi connectivity index (χ0v) is 9.16. The number of carbonyl (C=O) groups excluding carboxylic acids is 1. The first-order chi connectivity index (χ1) is 7.25. The summed E-state index contributed by atoms with van der Waals surface area (Å²) in [6.07, 6.45) is 0.153. The van der Waals surface area contributed by atoms with Crippen molar-refractivity contribution in [3.05, 3.63) is 0 Å². The van der Waals surface area contributed by atoms with E-state index < -0.39 is 0 Å². The Morgan fingerprint density at radius 3 is 3.00 bits per heavy atom. The molecule has 0 radical (unpaired) electrons. The van der Waals surface area contributed by atoms with Crippen LogP contribution in [-0.4, -0.2) is 63.3 Å². The summed E-state index contributed by atoms with van der Waals surface area (Å²) in [6.45, 7) is 4.93. The van der Waals surface area contributed by atoms with E-state index in [9.17, 15) is 4.79 Å². The smallest absolute Gasteiger partial charge is 0.225 e. The van der Waals surface area contributed by atoms with Crippen molar-refractivity contribution in [2.45, 2.75) is 6.10 Å². The molecule has 2 heterocycles. The maximum Gasteiger partial charge on any atom is 0.225 e. The third kappa shape index (κ3) is 2.90. The predicted molar refractivity (Wildman–Crippen MR) is 56.6 cm³/mol. The zero-order valence-electron chi connectivity index (χ0n) is 9.16. The van der Waals surface area contributed by atoms with Gasteiger partial charge in [-0.2, -0.15) is 0 Å². The largest absolute Gasteiger partial charge is 0.374 e. The fourth-order valence-electron chi connectivity index (χ4n) is 1.82. The van der Waals surface area contributed by atoms with Crippen LogP contribution in [0, 0.1) is 5.92 Å². The summed E-state index contributed by atoms with van der Waals surface area (Å²) in [4.78, 5) is 13.8. The van der Waals surface area contributed by atoms with Crippen molar-refractivity contribution in [3.63, 3.8) is 0 Å². The Kier molecular flexibility index (Phi) is 3.56. The van der Waals surface area contributed by atoms with Crippen molar-refractivity contribution >= 4 is 5.91 Å². The van der Waals surface area contributed by atoms with Gasteiger partial charge < -0.3 is 20.3 Å². The Morgan fingerprint density at radius 1 is 1.60 bits per heavy atom. The van der Waals surface area contributed by atoms with Gasteiger partial charge in [0.05, 0.1) is 18.6 Å². The number of likely N-dealkylation sites (N-methyl/N-ethyl adjacent to an activating group) is 1. The number of hydrogen-bond donors (Lipinski definition) is 2. The minimum Gasteiger partial charge on any atom is -0.374 e. The summed E-state index contributed by atoms with van der Waals surface area (Å²) >= 11 is 0. The fraction of sp³-hybridized carbons (Fsp3) is 0.900. The molecule has 1 unspecified atom stereocenters. The second-order valence-corrected chi connectivity index (χ2v) is 4.36. The molecule has 0 spiro atoms. The Labute approximate surface area is 90.1 Å². The van der Waals surface area contributed by atoms with E-state index in [-0.39, 0.29) is 17.9 Å². The maximum atomic E-state index is 11.5. The highest BCUT2D eigenvalue weighted by molar-refractivity contribution is 5.80. The van der Waals surface area contributed by atoms with Crippen LogP contribution in [0.5, 0.6) is 0 Å². The Balaban J connectivity index is 1.65. The first-order valence-electron chi connectivity index (χ1n) is 5.54. The predicted octanol–water partition coefficient (Wildman–Crippen LogP) is -1.35. The second kappa shape index (κ2) is 4.92. The second-order valence-electron chi connectivity index (χ2n) is 4.36. The lowest BCUT2D eigenvalue weighted by atomic mass is 10.0. The van der Waals surface area contributed by atoms with E-state index in [1.165, 1.54) is 0 Å². The molecule has 0 bridgehead atoms.